The predicted molar refractivity (Wildman–Crippen MR) is 83.6 cm³/mol. The van der Waals surface area contributed by atoms with Crippen LogP contribution in [0.15, 0.2) is 24.3 Å². The van der Waals surface area contributed by atoms with Crippen molar-refractivity contribution in [2.75, 3.05) is 12.4 Å². The van der Waals surface area contributed by atoms with Crippen LogP contribution in [-0.4, -0.2) is 42.2 Å². The summed E-state index contributed by atoms with van der Waals surface area (Å²) in [6.45, 7) is 2.93. The number of methoxy groups -OCH3 is 1. The van der Waals surface area contributed by atoms with E-state index in [0.29, 0.717) is 5.69 Å². The molecule has 0 heterocycles. The lowest BCUT2D eigenvalue weighted by atomic mass is 10.2. The molecule has 4 N–H and O–H groups in total. The maximum atomic E-state index is 12.0. The lowest BCUT2D eigenvalue weighted by molar-refractivity contribution is -0.127. The topological polar surface area (TPSA) is 117 Å². The molecule has 1 rings (SSSR count). The molecule has 23 heavy (non-hydrogen) atoms. The molecular formula is C15H21N3O5. The molecule has 0 aromatic heterocycles. The molecule has 0 saturated carbocycles. The van der Waals surface area contributed by atoms with Crippen LogP contribution in [0.25, 0.3) is 0 Å². The first-order chi connectivity index (χ1) is 10.9. The van der Waals surface area contributed by atoms with E-state index in [1.54, 1.807) is 24.3 Å². The Labute approximate surface area is 134 Å². The number of hydrogen-bond donors (Lipinski definition) is 4. The fourth-order valence-electron chi connectivity index (χ4n) is 1.65. The number of benzene rings is 1. The van der Waals surface area contributed by atoms with Gasteiger partial charge in [-0.2, -0.15) is 0 Å². The number of aliphatic hydroxyl groups is 1. The number of carbonyl (C=O) groups excluding carboxylic acids is 3. The van der Waals surface area contributed by atoms with E-state index in [1.807, 2.05) is 0 Å². The van der Waals surface area contributed by atoms with Gasteiger partial charge in [-0.15, -0.1) is 0 Å². The van der Waals surface area contributed by atoms with Gasteiger partial charge in [0.15, 0.2) is 0 Å². The Hall–Kier alpha value is -2.61. The minimum atomic E-state index is -0.832. The summed E-state index contributed by atoms with van der Waals surface area (Å²) in [7, 11) is 1.19. The summed E-state index contributed by atoms with van der Waals surface area (Å²) in [4.78, 5) is 34.9. The fraction of sp³-hybridized carbons (Fsp3) is 0.400. The highest BCUT2D eigenvalue weighted by Crippen LogP contribution is 2.09. The Kier molecular flexibility index (Phi) is 7.01. The lowest BCUT2D eigenvalue weighted by Crippen LogP contribution is -2.50. The Morgan fingerprint density at radius 1 is 1.04 bits per heavy atom. The van der Waals surface area contributed by atoms with Crippen LogP contribution in [0.1, 0.15) is 19.4 Å². The summed E-state index contributed by atoms with van der Waals surface area (Å²) in [5.74, 6) is -0.908. The van der Waals surface area contributed by atoms with E-state index in [0.717, 1.165) is 5.56 Å². The molecule has 0 aliphatic heterocycles. The number of amides is 3. The van der Waals surface area contributed by atoms with Gasteiger partial charge in [0.2, 0.25) is 11.8 Å². The average molecular weight is 323 g/mol. The third-order valence-electron chi connectivity index (χ3n) is 3.07. The van der Waals surface area contributed by atoms with E-state index in [9.17, 15) is 14.4 Å². The summed E-state index contributed by atoms with van der Waals surface area (Å²) >= 11 is 0. The van der Waals surface area contributed by atoms with Crippen molar-refractivity contribution in [3.8, 4) is 0 Å². The maximum absolute atomic E-state index is 12.0. The Balaban J connectivity index is 2.52. The van der Waals surface area contributed by atoms with E-state index in [4.69, 9.17) is 5.11 Å². The molecule has 8 nitrogen and oxygen atoms in total. The first kappa shape index (κ1) is 18.4. The van der Waals surface area contributed by atoms with Gasteiger partial charge in [0, 0.05) is 5.69 Å². The molecule has 3 amide bonds. The second kappa shape index (κ2) is 8.74. The smallest absolute Gasteiger partial charge is 0.407 e. The van der Waals surface area contributed by atoms with Gasteiger partial charge in [-0.05, 0) is 31.5 Å². The maximum Gasteiger partial charge on any atom is 0.407 e. The van der Waals surface area contributed by atoms with E-state index in [1.165, 1.54) is 21.0 Å². The van der Waals surface area contributed by atoms with Crippen molar-refractivity contribution in [2.24, 2.45) is 0 Å². The van der Waals surface area contributed by atoms with E-state index >= 15 is 0 Å². The van der Waals surface area contributed by atoms with Gasteiger partial charge >= 0.3 is 6.09 Å². The summed E-state index contributed by atoms with van der Waals surface area (Å²) in [6, 6.07) is 5.05. The molecule has 126 valence electrons. The summed E-state index contributed by atoms with van der Waals surface area (Å²) < 4.78 is 4.39. The number of hydrogen-bond acceptors (Lipinski definition) is 5. The molecule has 0 aliphatic rings. The average Bonchev–Trinajstić information content (AvgIpc) is 2.55. The Bertz CT molecular complexity index is 559. The normalized spacial score (nSPS) is 12.7. The number of aliphatic hydroxyl groups excluding tert-OH is 1. The highest BCUT2D eigenvalue weighted by Gasteiger charge is 2.21. The zero-order chi connectivity index (χ0) is 17.4. The van der Waals surface area contributed by atoms with Gasteiger partial charge in [-0.25, -0.2) is 4.79 Å². The van der Waals surface area contributed by atoms with Crippen LogP contribution in [-0.2, 0) is 20.9 Å². The fourth-order valence-corrected chi connectivity index (χ4v) is 1.65. The van der Waals surface area contributed by atoms with Crippen LogP contribution in [0.5, 0.6) is 0 Å². The van der Waals surface area contributed by atoms with Crippen molar-refractivity contribution in [1.82, 2.24) is 10.6 Å². The summed E-state index contributed by atoms with van der Waals surface area (Å²) in [6.07, 6.45) is -0.728. The van der Waals surface area contributed by atoms with Crippen molar-refractivity contribution < 1.29 is 24.2 Å². The number of anilines is 1. The molecule has 2 atom stereocenters. The third kappa shape index (κ3) is 5.95. The van der Waals surface area contributed by atoms with Gasteiger partial charge in [-0.1, -0.05) is 12.1 Å². The number of rotatable bonds is 6. The second-order valence-corrected chi connectivity index (χ2v) is 4.93. The van der Waals surface area contributed by atoms with Crippen LogP contribution in [0.2, 0.25) is 0 Å². The van der Waals surface area contributed by atoms with E-state index in [2.05, 4.69) is 20.7 Å². The molecule has 8 heteroatoms. The minimum absolute atomic E-state index is 0.0776. The standard InChI is InChI=1S/C15H21N3O5/c1-9(16-13(20)10(2)17-15(22)23-3)14(21)18-12-6-4-11(8-19)5-7-12/h4-7,9-10,19H,8H2,1-3H3,(H,16,20)(H,17,22)(H,18,21)/t9-,10-/m0/s1. The van der Waals surface area contributed by atoms with Gasteiger partial charge in [0.1, 0.15) is 12.1 Å². The van der Waals surface area contributed by atoms with Gasteiger partial charge in [0.25, 0.3) is 0 Å². The van der Waals surface area contributed by atoms with Crippen LogP contribution in [0.4, 0.5) is 10.5 Å². The molecule has 0 unspecified atom stereocenters. The summed E-state index contributed by atoms with van der Waals surface area (Å²) in [5, 5.41) is 16.4. The van der Waals surface area contributed by atoms with Crippen LogP contribution < -0.4 is 16.0 Å². The molecule has 0 saturated heterocycles. The second-order valence-electron chi connectivity index (χ2n) is 4.93. The van der Waals surface area contributed by atoms with Crippen LogP contribution in [0.3, 0.4) is 0 Å². The molecule has 0 bridgehead atoms. The summed E-state index contributed by atoms with van der Waals surface area (Å²) in [5.41, 5.74) is 1.28. The van der Waals surface area contributed by atoms with Crippen molar-refractivity contribution in [3.05, 3.63) is 29.8 Å². The lowest BCUT2D eigenvalue weighted by Gasteiger charge is -2.18. The zero-order valence-electron chi connectivity index (χ0n) is 13.3. The highest BCUT2D eigenvalue weighted by atomic mass is 16.5. The van der Waals surface area contributed by atoms with Crippen molar-refractivity contribution >= 4 is 23.6 Å². The molecule has 0 spiro atoms. The molecule has 0 radical (unpaired) electrons. The zero-order valence-corrected chi connectivity index (χ0v) is 13.3. The number of carbonyl (C=O) groups is 3. The Morgan fingerprint density at radius 2 is 1.61 bits per heavy atom. The van der Waals surface area contributed by atoms with Gasteiger partial charge < -0.3 is 25.8 Å². The molecule has 0 aliphatic carbocycles. The first-order valence-corrected chi connectivity index (χ1v) is 7.03. The molecule has 0 fully saturated rings. The van der Waals surface area contributed by atoms with E-state index in [-0.39, 0.29) is 6.61 Å². The molecule has 1 aromatic carbocycles. The monoisotopic (exact) mass is 323 g/mol. The quantitative estimate of drug-likeness (QED) is 0.603. The number of alkyl carbamates (subject to hydrolysis) is 1. The van der Waals surface area contributed by atoms with Crippen molar-refractivity contribution in [3.63, 3.8) is 0 Å². The molecule has 1 aromatic rings. The van der Waals surface area contributed by atoms with Crippen molar-refractivity contribution in [1.29, 1.82) is 0 Å². The predicted octanol–water partition coefficient (Wildman–Crippen LogP) is 0.367. The van der Waals surface area contributed by atoms with Crippen molar-refractivity contribution in [2.45, 2.75) is 32.5 Å². The van der Waals surface area contributed by atoms with Gasteiger partial charge in [-0.3, -0.25) is 9.59 Å². The largest absolute Gasteiger partial charge is 0.453 e. The number of ether oxygens (including phenoxy) is 1. The van der Waals surface area contributed by atoms with E-state index < -0.39 is 30.0 Å². The highest BCUT2D eigenvalue weighted by molar-refractivity contribution is 5.97. The number of nitrogens with one attached hydrogen (secondary N) is 3. The Morgan fingerprint density at radius 3 is 2.13 bits per heavy atom. The molecular weight excluding hydrogens is 302 g/mol. The van der Waals surface area contributed by atoms with Crippen LogP contribution >= 0.6 is 0 Å². The van der Waals surface area contributed by atoms with Crippen LogP contribution in [0, 0.1) is 0 Å². The minimum Gasteiger partial charge on any atom is -0.453 e. The third-order valence-corrected chi connectivity index (χ3v) is 3.07. The van der Waals surface area contributed by atoms with Gasteiger partial charge in [0.05, 0.1) is 13.7 Å². The SMILES string of the molecule is COC(=O)N[C@@H](C)C(=O)N[C@@H](C)C(=O)Nc1ccc(CO)cc1. The first-order valence-electron chi connectivity index (χ1n) is 7.03.